The van der Waals surface area contributed by atoms with Crippen LogP contribution in [0, 0.1) is 0 Å². The lowest BCUT2D eigenvalue weighted by atomic mass is 10.2. The van der Waals surface area contributed by atoms with E-state index >= 15 is 0 Å². The lowest BCUT2D eigenvalue weighted by Crippen LogP contribution is -2.52. The maximum atomic E-state index is 11.9. The number of benzene rings is 2. The van der Waals surface area contributed by atoms with E-state index in [4.69, 9.17) is 4.74 Å². The highest BCUT2D eigenvalue weighted by atomic mass is 16.5. The van der Waals surface area contributed by atoms with Crippen molar-refractivity contribution < 1.29 is 9.53 Å². The molecule has 7 nitrogen and oxygen atoms in total. The number of hydrogen-bond acceptors (Lipinski definition) is 4. The van der Waals surface area contributed by atoms with E-state index < -0.39 is 0 Å². The minimum Gasteiger partial charge on any atom is -0.497 e. The molecular weight excluding hydrogens is 390 g/mol. The van der Waals surface area contributed by atoms with Crippen LogP contribution < -0.4 is 19.9 Å². The maximum Gasteiger partial charge on any atom is 0.227 e. The molecule has 0 aromatic heterocycles. The molecule has 2 aromatic rings. The van der Waals surface area contributed by atoms with Crippen molar-refractivity contribution in [2.24, 2.45) is 4.99 Å². The van der Waals surface area contributed by atoms with Gasteiger partial charge in [-0.3, -0.25) is 9.79 Å². The molecule has 2 aliphatic rings. The number of rotatable bonds is 5. The summed E-state index contributed by atoms with van der Waals surface area (Å²) in [6, 6.07) is 16.5. The molecule has 2 saturated heterocycles. The Morgan fingerprint density at radius 3 is 2.23 bits per heavy atom. The number of nitrogens with one attached hydrogen (secondary N) is 1. The Balaban J connectivity index is 1.28. The predicted molar refractivity (Wildman–Crippen MR) is 125 cm³/mol. The fourth-order valence-corrected chi connectivity index (χ4v) is 4.20. The number of nitrogens with zero attached hydrogens (tertiary/aromatic N) is 4. The van der Waals surface area contributed by atoms with Crippen molar-refractivity contribution in [1.29, 1.82) is 0 Å². The zero-order valence-electron chi connectivity index (χ0n) is 18.4. The number of aliphatic imine (C=N–C) groups is 1. The van der Waals surface area contributed by atoms with E-state index in [1.165, 1.54) is 11.3 Å². The molecule has 1 N–H and O–H groups in total. The van der Waals surface area contributed by atoms with Gasteiger partial charge in [0.25, 0.3) is 0 Å². The standard InChI is InChI=1S/C24H31N5O2/c1-25-24(26-18-19-5-7-21(8-6-19)29-13-3-4-23(29)30)28-16-14-27(15-17-28)20-9-11-22(31-2)12-10-20/h5-12H,3-4,13-18H2,1-2H3,(H,25,26). The van der Waals surface area contributed by atoms with Crippen molar-refractivity contribution in [3.05, 3.63) is 54.1 Å². The molecule has 4 rings (SSSR count). The molecule has 0 unspecified atom stereocenters. The Labute approximate surface area is 184 Å². The second-order valence-electron chi connectivity index (χ2n) is 7.89. The number of hydrogen-bond donors (Lipinski definition) is 1. The molecule has 7 heteroatoms. The first kappa shape index (κ1) is 21.0. The molecule has 2 aliphatic heterocycles. The summed E-state index contributed by atoms with van der Waals surface area (Å²) in [5.74, 6) is 2.03. The van der Waals surface area contributed by atoms with Crippen LogP contribution in [0.25, 0.3) is 0 Å². The second-order valence-corrected chi connectivity index (χ2v) is 7.89. The van der Waals surface area contributed by atoms with Gasteiger partial charge >= 0.3 is 0 Å². The number of ether oxygens (including phenoxy) is 1. The van der Waals surface area contributed by atoms with Gasteiger partial charge in [-0.05, 0) is 48.4 Å². The first-order chi connectivity index (χ1) is 15.2. The molecule has 164 valence electrons. The predicted octanol–water partition coefficient (Wildman–Crippen LogP) is 2.72. The summed E-state index contributed by atoms with van der Waals surface area (Å²) >= 11 is 0. The normalized spacial score (nSPS) is 17.3. The fraction of sp³-hybridized carbons (Fsp3) is 0.417. The largest absolute Gasteiger partial charge is 0.497 e. The van der Waals surface area contributed by atoms with Crippen molar-refractivity contribution in [2.45, 2.75) is 19.4 Å². The summed E-state index contributed by atoms with van der Waals surface area (Å²) in [6.45, 7) is 5.27. The summed E-state index contributed by atoms with van der Waals surface area (Å²) in [4.78, 5) is 23.0. The summed E-state index contributed by atoms with van der Waals surface area (Å²) in [7, 11) is 3.52. The first-order valence-electron chi connectivity index (χ1n) is 10.9. The van der Waals surface area contributed by atoms with E-state index in [9.17, 15) is 4.79 Å². The van der Waals surface area contributed by atoms with Gasteiger partial charge in [-0.25, -0.2) is 0 Å². The monoisotopic (exact) mass is 421 g/mol. The van der Waals surface area contributed by atoms with Crippen molar-refractivity contribution in [2.75, 3.05) is 56.7 Å². The topological polar surface area (TPSA) is 60.4 Å². The Kier molecular flexibility index (Phi) is 6.60. The molecule has 2 aromatic carbocycles. The fourth-order valence-electron chi connectivity index (χ4n) is 4.20. The van der Waals surface area contributed by atoms with Crippen LogP contribution in [0.4, 0.5) is 11.4 Å². The number of amides is 1. The van der Waals surface area contributed by atoms with Crippen LogP contribution in [0.2, 0.25) is 0 Å². The number of guanidine groups is 1. The van der Waals surface area contributed by atoms with Crippen LogP contribution in [0.15, 0.2) is 53.5 Å². The number of piperazine rings is 1. The summed E-state index contributed by atoms with van der Waals surface area (Å²) in [6.07, 6.45) is 1.61. The van der Waals surface area contributed by atoms with Gasteiger partial charge in [0.15, 0.2) is 5.96 Å². The van der Waals surface area contributed by atoms with E-state index in [-0.39, 0.29) is 5.91 Å². The van der Waals surface area contributed by atoms with E-state index in [2.05, 4.69) is 44.4 Å². The molecule has 0 spiro atoms. The third-order valence-corrected chi connectivity index (χ3v) is 6.00. The van der Waals surface area contributed by atoms with Crippen LogP contribution in [0.5, 0.6) is 5.75 Å². The summed E-state index contributed by atoms with van der Waals surface area (Å²) in [5.41, 5.74) is 3.39. The molecular formula is C24H31N5O2. The highest BCUT2D eigenvalue weighted by Crippen LogP contribution is 2.22. The van der Waals surface area contributed by atoms with Gasteiger partial charge in [-0.2, -0.15) is 0 Å². The lowest BCUT2D eigenvalue weighted by molar-refractivity contribution is -0.117. The molecule has 1 amide bonds. The minimum absolute atomic E-state index is 0.222. The van der Waals surface area contributed by atoms with E-state index in [0.717, 1.165) is 56.5 Å². The maximum absolute atomic E-state index is 11.9. The van der Waals surface area contributed by atoms with Crippen molar-refractivity contribution in [3.63, 3.8) is 0 Å². The highest BCUT2D eigenvalue weighted by Gasteiger charge is 2.22. The summed E-state index contributed by atoms with van der Waals surface area (Å²) in [5, 5.41) is 3.48. The van der Waals surface area contributed by atoms with Gasteiger partial charge in [0.2, 0.25) is 5.91 Å². The van der Waals surface area contributed by atoms with E-state index in [0.29, 0.717) is 13.0 Å². The van der Waals surface area contributed by atoms with Gasteiger partial charge in [0.05, 0.1) is 7.11 Å². The SMILES string of the molecule is CN=C(NCc1ccc(N2CCCC2=O)cc1)N1CCN(c2ccc(OC)cc2)CC1. The molecule has 2 fully saturated rings. The van der Waals surface area contributed by atoms with Crippen molar-refractivity contribution in [1.82, 2.24) is 10.2 Å². The second kappa shape index (κ2) is 9.73. The Hall–Kier alpha value is -3.22. The molecule has 2 heterocycles. The lowest BCUT2D eigenvalue weighted by Gasteiger charge is -2.37. The molecule has 0 radical (unpaired) electrons. The van der Waals surface area contributed by atoms with Gasteiger partial charge in [0, 0.05) is 64.1 Å². The smallest absolute Gasteiger partial charge is 0.227 e. The Morgan fingerprint density at radius 2 is 1.65 bits per heavy atom. The third-order valence-electron chi connectivity index (χ3n) is 6.00. The first-order valence-corrected chi connectivity index (χ1v) is 10.9. The van der Waals surface area contributed by atoms with Crippen LogP contribution in [-0.4, -0.2) is 63.6 Å². The van der Waals surface area contributed by atoms with Crippen LogP contribution in [0.3, 0.4) is 0 Å². The van der Waals surface area contributed by atoms with Gasteiger partial charge < -0.3 is 24.8 Å². The van der Waals surface area contributed by atoms with Gasteiger partial charge in [0.1, 0.15) is 5.75 Å². The zero-order valence-corrected chi connectivity index (χ0v) is 18.4. The van der Waals surface area contributed by atoms with Gasteiger partial charge in [-0.1, -0.05) is 12.1 Å². The molecule has 0 bridgehead atoms. The number of carbonyl (C=O) groups excluding carboxylic acids is 1. The van der Waals surface area contributed by atoms with E-state index in [1.807, 2.05) is 36.2 Å². The average molecular weight is 422 g/mol. The van der Waals surface area contributed by atoms with E-state index in [1.54, 1.807) is 7.11 Å². The zero-order chi connectivity index (χ0) is 21.6. The number of anilines is 2. The molecule has 0 aliphatic carbocycles. The third kappa shape index (κ3) is 4.93. The van der Waals surface area contributed by atoms with Crippen LogP contribution >= 0.6 is 0 Å². The Morgan fingerprint density at radius 1 is 0.968 bits per heavy atom. The summed E-state index contributed by atoms with van der Waals surface area (Å²) < 4.78 is 5.25. The minimum atomic E-state index is 0.222. The van der Waals surface area contributed by atoms with Crippen molar-refractivity contribution in [3.8, 4) is 5.75 Å². The number of carbonyl (C=O) groups is 1. The van der Waals surface area contributed by atoms with Crippen LogP contribution in [-0.2, 0) is 11.3 Å². The highest BCUT2D eigenvalue weighted by molar-refractivity contribution is 5.95. The average Bonchev–Trinajstić information content (AvgIpc) is 3.26. The molecule has 0 atom stereocenters. The molecule has 31 heavy (non-hydrogen) atoms. The van der Waals surface area contributed by atoms with Crippen molar-refractivity contribution >= 4 is 23.2 Å². The van der Waals surface area contributed by atoms with Crippen LogP contribution in [0.1, 0.15) is 18.4 Å². The Bertz CT molecular complexity index is 903. The number of methoxy groups -OCH3 is 1. The quantitative estimate of drug-likeness (QED) is 0.594. The van der Waals surface area contributed by atoms with Gasteiger partial charge in [-0.15, -0.1) is 0 Å². The molecule has 0 saturated carbocycles.